The van der Waals surface area contributed by atoms with Gasteiger partial charge in [0.25, 0.3) is 0 Å². The summed E-state index contributed by atoms with van der Waals surface area (Å²) < 4.78 is 0. The maximum Gasteiger partial charge on any atom is 0.305 e. The lowest BCUT2D eigenvalue weighted by Crippen LogP contribution is -2.42. The third-order valence-electron chi connectivity index (χ3n) is 6.87. The fourth-order valence-corrected chi connectivity index (χ4v) is 5.09. The van der Waals surface area contributed by atoms with Crippen molar-refractivity contribution >= 4 is 29.1 Å². The van der Waals surface area contributed by atoms with E-state index in [1.165, 1.54) is 5.57 Å². The maximum absolute atomic E-state index is 12.9. The van der Waals surface area contributed by atoms with Gasteiger partial charge in [-0.2, -0.15) is 0 Å². The monoisotopic (exact) mass is 443 g/mol. The molecule has 0 saturated carbocycles. The maximum atomic E-state index is 12.9. The Labute approximate surface area is 191 Å². The summed E-state index contributed by atoms with van der Waals surface area (Å²) in [5, 5.41) is 9.73. The Morgan fingerprint density at radius 3 is 2.52 bits per heavy atom. The molecule has 2 aliphatic rings. The van der Waals surface area contributed by atoms with Crippen LogP contribution < -0.4 is 0 Å². The second kappa shape index (κ2) is 8.82. The number of halogens is 1. The second-order valence-electron chi connectivity index (χ2n) is 10.3. The van der Waals surface area contributed by atoms with E-state index >= 15 is 0 Å². The lowest BCUT2D eigenvalue weighted by molar-refractivity contribution is -0.138. The standard InChI is InChI=1S/C26H34ClNO3/c1-17(2)21-16-28(13-10-24(30)31)23(29)15-26(21,5)19-6-7-20(22(27)14-19)18-8-11-25(3,4)12-9-18/h6-8,14,16-17H,9-13,15H2,1-5H3,(H,30,31)/t26-/m0/s1. The largest absolute Gasteiger partial charge is 0.481 e. The van der Waals surface area contributed by atoms with Crippen LogP contribution in [0.5, 0.6) is 0 Å². The predicted octanol–water partition coefficient (Wildman–Crippen LogP) is 6.44. The first-order valence-electron chi connectivity index (χ1n) is 11.2. The fraction of sp³-hybridized carbons (Fsp3) is 0.538. The zero-order valence-corrected chi connectivity index (χ0v) is 20.1. The van der Waals surface area contributed by atoms with Gasteiger partial charge in [0.2, 0.25) is 5.91 Å². The Kier molecular flexibility index (Phi) is 6.71. The number of carboxylic acid groups (broad SMARTS) is 1. The highest BCUT2D eigenvalue weighted by Gasteiger charge is 2.40. The van der Waals surface area contributed by atoms with Crippen molar-refractivity contribution < 1.29 is 14.7 Å². The summed E-state index contributed by atoms with van der Waals surface area (Å²) in [6, 6.07) is 6.23. The van der Waals surface area contributed by atoms with E-state index in [4.69, 9.17) is 16.7 Å². The topological polar surface area (TPSA) is 57.6 Å². The quantitative estimate of drug-likeness (QED) is 0.550. The van der Waals surface area contributed by atoms with Crippen LogP contribution in [0.15, 0.2) is 36.0 Å². The van der Waals surface area contributed by atoms with E-state index in [2.05, 4.69) is 52.8 Å². The molecule has 1 atom stereocenters. The first kappa shape index (κ1) is 23.6. The normalized spacial score (nSPS) is 23.6. The molecule has 0 unspecified atom stereocenters. The van der Waals surface area contributed by atoms with Gasteiger partial charge in [-0.1, -0.05) is 64.4 Å². The number of benzene rings is 1. The van der Waals surface area contributed by atoms with Crippen molar-refractivity contribution in [1.29, 1.82) is 0 Å². The molecule has 1 aromatic carbocycles. The van der Waals surface area contributed by atoms with Crippen LogP contribution in [0.25, 0.3) is 5.57 Å². The number of aliphatic carboxylic acids is 1. The molecule has 1 aliphatic carbocycles. The van der Waals surface area contributed by atoms with Gasteiger partial charge in [0.1, 0.15) is 0 Å². The summed E-state index contributed by atoms with van der Waals surface area (Å²) in [4.78, 5) is 25.4. The predicted molar refractivity (Wildman–Crippen MR) is 126 cm³/mol. The van der Waals surface area contributed by atoms with Crippen molar-refractivity contribution in [2.24, 2.45) is 11.3 Å². The Hall–Kier alpha value is -2.07. The van der Waals surface area contributed by atoms with Gasteiger partial charge in [0.05, 0.1) is 6.42 Å². The first-order chi connectivity index (χ1) is 14.4. The number of carbonyl (C=O) groups excluding carboxylic acids is 1. The molecule has 0 spiro atoms. The van der Waals surface area contributed by atoms with Crippen LogP contribution in [0, 0.1) is 11.3 Å². The number of allylic oxidation sites excluding steroid dienone is 3. The van der Waals surface area contributed by atoms with Gasteiger partial charge in [0.15, 0.2) is 0 Å². The SMILES string of the molecule is CC(C)C1=CN(CCC(=O)O)C(=O)C[C@@]1(C)c1ccc(C2=CCC(C)(C)CC2)c(Cl)c1. The van der Waals surface area contributed by atoms with Crippen LogP contribution in [-0.4, -0.2) is 28.4 Å². The molecule has 0 saturated heterocycles. The Balaban J connectivity index is 1.94. The number of nitrogens with zero attached hydrogens (tertiary/aromatic N) is 1. The van der Waals surface area contributed by atoms with Crippen molar-refractivity contribution in [3.8, 4) is 0 Å². The van der Waals surface area contributed by atoms with Gasteiger partial charge in [0, 0.05) is 29.6 Å². The highest BCUT2D eigenvalue weighted by atomic mass is 35.5. The van der Waals surface area contributed by atoms with E-state index in [1.54, 1.807) is 4.90 Å². The zero-order valence-electron chi connectivity index (χ0n) is 19.3. The van der Waals surface area contributed by atoms with Gasteiger partial charge in [-0.25, -0.2) is 0 Å². The molecule has 3 rings (SSSR count). The van der Waals surface area contributed by atoms with E-state index in [9.17, 15) is 9.59 Å². The van der Waals surface area contributed by atoms with Crippen molar-refractivity contribution in [3.63, 3.8) is 0 Å². The van der Waals surface area contributed by atoms with Crippen LogP contribution in [0.4, 0.5) is 0 Å². The van der Waals surface area contributed by atoms with Crippen molar-refractivity contribution in [3.05, 3.63) is 52.2 Å². The van der Waals surface area contributed by atoms with Crippen LogP contribution in [0.3, 0.4) is 0 Å². The third kappa shape index (κ3) is 5.06. The highest BCUT2D eigenvalue weighted by Crippen LogP contribution is 2.45. The number of hydrogen-bond donors (Lipinski definition) is 1. The Morgan fingerprint density at radius 1 is 1.26 bits per heavy atom. The molecule has 0 aromatic heterocycles. The van der Waals surface area contributed by atoms with Crippen LogP contribution in [0.1, 0.15) is 77.8 Å². The molecule has 1 amide bonds. The van der Waals surface area contributed by atoms with E-state index in [0.717, 1.165) is 41.0 Å². The summed E-state index contributed by atoms with van der Waals surface area (Å²) in [6.07, 6.45) is 7.66. The molecule has 4 nitrogen and oxygen atoms in total. The Bertz CT molecular complexity index is 944. The molecule has 1 heterocycles. The minimum absolute atomic E-state index is 0.0504. The van der Waals surface area contributed by atoms with Gasteiger partial charge >= 0.3 is 5.97 Å². The summed E-state index contributed by atoms with van der Waals surface area (Å²) in [7, 11) is 0. The average Bonchev–Trinajstić information content (AvgIpc) is 2.67. The van der Waals surface area contributed by atoms with E-state index in [0.29, 0.717) is 11.8 Å². The molecule has 0 bridgehead atoms. The third-order valence-corrected chi connectivity index (χ3v) is 7.18. The molecule has 0 radical (unpaired) electrons. The molecule has 168 valence electrons. The minimum atomic E-state index is -0.900. The van der Waals surface area contributed by atoms with Gasteiger partial charge in [-0.15, -0.1) is 0 Å². The van der Waals surface area contributed by atoms with E-state index < -0.39 is 11.4 Å². The number of hydrogen-bond acceptors (Lipinski definition) is 2. The molecular formula is C26H34ClNO3. The van der Waals surface area contributed by atoms with Crippen LogP contribution in [-0.2, 0) is 15.0 Å². The molecule has 1 aromatic rings. The zero-order chi connectivity index (χ0) is 23.0. The second-order valence-corrected chi connectivity index (χ2v) is 10.7. The molecule has 5 heteroatoms. The van der Waals surface area contributed by atoms with Crippen molar-refractivity contribution in [1.82, 2.24) is 4.90 Å². The summed E-state index contributed by atoms with van der Waals surface area (Å²) >= 11 is 6.77. The van der Waals surface area contributed by atoms with Gasteiger partial charge < -0.3 is 10.0 Å². The molecule has 1 aliphatic heterocycles. The molecule has 31 heavy (non-hydrogen) atoms. The summed E-state index contributed by atoms with van der Waals surface area (Å²) in [5.74, 6) is -0.735. The van der Waals surface area contributed by atoms with E-state index in [1.807, 2.05) is 12.3 Å². The molecule has 0 fully saturated rings. The number of amides is 1. The summed E-state index contributed by atoms with van der Waals surface area (Å²) in [6.45, 7) is 11.1. The highest BCUT2D eigenvalue weighted by molar-refractivity contribution is 6.32. The average molecular weight is 444 g/mol. The van der Waals surface area contributed by atoms with Crippen LogP contribution >= 0.6 is 11.6 Å². The Morgan fingerprint density at radius 2 is 1.97 bits per heavy atom. The van der Waals surface area contributed by atoms with Crippen molar-refractivity contribution in [2.45, 2.75) is 72.1 Å². The number of carbonyl (C=O) groups is 2. The summed E-state index contributed by atoms with van der Waals surface area (Å²) in [5.41, 5.74) is 4.43. The fourth-order valence-electron chi connectivity index (χ4n) is 4.79. The van der Waals surface area contributed by atoms with Gasteiger partial charge in [-0.05, 0) is 58.9 Å². The van der Waals surface area contributed by atoms with Crippen LogP contribution in [0.2, 0.25) is 5.02 Å². The minimum Gasteiger partial charge on any atom is -0.481 e. The molecule has 1 N–H and O–H groups in total. The van der Waals surface area contributed by atoms with Gasteiger partial charge in [-0.3, -0.25) is 9.59 Å². The lowest BCUT2D eigenvalue weighted by Gasteiger charge is -2.41. The number of rotatable bonds is 6. The van der Waals surface area contributed by atoms with Crippen molar-refractivity contribution in [2.75, 3.05) is 6.54 Å². The first-order valence-corrected chi connectivity index (χ1v) is 11.5. The lowest BCUT2D eigenvalue weighted by atomic mass is 9.68. The molecular weight excluding hydrogens is 410 g/mol. The smallest absolute Gasteiger partial charge is 0.305 e. The van der Waals surface area contributed by atoms with E-state index in [-0.39, 0.29) is 24.8 Å². The number of carboxylic acids is 1.